The fraction of sp³-hybridized carbons (Fsp3) is 0.286. The first kappa shape index (κ1) is 14.2. The molecule has 1 unspecified atom stereocenters. The van der Waals surface area contributed by atoms with Crippen LogP contribution >= 0.6 is 0 Å². The summed E-state index contributed by atoms with van der Waals surface area (Å²) in [6.07, 6.45) is 3.55. The van der Waals surface area contributed by atoms with Gasteiger partial charge in [-0.05, 0) is 17.7 Å². The Morgan fingerprint density at radius 1 is 1.45 bits per heavy atom. The molecule has 6 heteroatoms. The number of para-hydroxylation sites is 1. The fourth-order valence-electron chi connectivity index (χ4n) is 1.91. The molecule has 0 aliphatic heterocycles. The monoisotopic (exact) mass is 275 g/mol. The third-order valence-corrected chi connectivity index (χ3v) is 2.91. The lowest BCUT2D eigenvalue weighted by Crippen LogP contribution is -2.40. The molecule has 1 aromatic heterocycles. The molecule has 0 bridgehead atoms. The summed E-state index contributed by atoms with van der Waals surface area (Å²) in [6, 6.07) is 8.83. The summed E-state index contributed by atoms with van der Waals surface area (Å²) in [7, 11) is 1.48. The Bertz CT molecular complexity index is 555. The van der Waals surface area contributed by atoms with Gasteiger partial charge in [0.05, 0.1) is 12.3 Å². The zero-order valence-electron chi connectivity index (χ0n) is 11.2. The number of hydrogen-bond donors (Lipinski definition) is 2. The topological polar surface area (TPSA) is 76.4 Å². The second-order valence-corrected chi connectivity index (χ2v) is 4.31. The summed E-state index contributed by atoms with van der Waals surface area (Å²) in [5, 5.41) is 16.2. The number of ether oxygens (including phenoxy) is 1. The summed E-state index contributed by atoms with van der Waals surface area (Å²) in [6.45, 7) is 0.551. The van der Waals surface area contributed by atoms with Gasteiger partial charge >= 0.3 is 5.97 Å². The van der Waals surface area contributed by atoms with Gasteiger partial charge in [-0.15, -0.1) is 0 Å². The number of benzene rings is 1. The van der Waals surface area contributed by atoms with Crippen molar-refractivity contribution in [2.75, 3.05) is 13.7 Å². The number of carbonyl (C=O) groups is 1. The summed E-state index contributed by atoms with van der Waals surface area (Å²) in [5.74, 6) is -0.927. The number of nitrogens with zero attached hydrogens (tertiary/aromatic N) is 2. The van der Waals surface area contributed by atoms with Gasteiger partial charge in [0.1, 0.15) is 6.04 Å². The predicted molar refractivity (Wildman–Crippen MR) is 73.7 cm³/mol. The highest BCUT2D eigenvalue weighted by Gasteiger charge is 2.16. The molecule has 1 aromatic carbocycles. The molecular weight excluding hydrogens is 258 g/mol. The normalized spacial score (nSPS) is 12.2. The number of rotatable bonds is 7. The number of carboxylic acids is 1. The SMILES string of the molecule is COCC(NCc1ccccc1-n1cccn1)C(=O)O. The third-order valence-electron chi connectivity index (χ3n) is 2.91. The lowest BCUT2D eigenvalue weighted by molar-refractivity contribution is -0.140. The Balaban J connectivity index is 2.12. The molecule has 0 spiro atoms. The molecule has 2 aromatic rings. The van der Waals surface area contributed by atoms with Crippen LogP contribution in [0.3, 0.4) is 0 Å². The highest BCUT2D eigenvalue weighted by molar-refractivity contribution is 5.73. The molecule has 0 aliphatic carbocycles. The van der Waals surface area contributed by atoms with Crippen molar-refractivity contribution in [2.45, 2.75) is 12.6 Å². The molecule has 0 fully saturated rings. The van der Waals surface area contributed by atoms with Crippen molar-refractivity contribution in [1.29, 1.82) is 0 Å². The minimum Gasteiger partial charge on any atom is -0.480 e. The van der Waals surface area contributed by atoms with E-state index in [-0.39, 0.29) is 6.61 Å². The summed E-state index contributed by atoms with van der Waals surface area (Å²) >= 11 is 0. The maximum Gasteiger partial charge on any atom is 0.323 e. The van der Waals surface area contributed by atoms with E-state index in [0.29, 0.717) is 6.54 Å². The first-order valence-electron chi connectivity index (χ1n) is 6.25. The van der Waals surface area contributed by atoms with E-state index >= 15 is 0 Å². The van der Waals surface area contributed by atoms with Crippen LogP contribution in [0.4, 0.5) is 0 Å². The molecule has 0 radical (unpaired) electrons. The smallest absolute Gasteiger partial charge is 0.323 e. The van der Waals surface area contributed by atoms with E-state index in [1.807, 2.05) is 36.5 Å². The number of hydrogen-bond acceptors (Lipinski definition) is 4. The van der Waals surface area contributed by atoms with E-state index in [4.69, 9.17) is 9.84 Å². The van der Waals surface area contributed by atoms with Crippen LogP contribution in [-0.4, -0.2) is 40.6 Å². The second-order valence-electron chi connectivity index (χ2n) is 4.31. The van der Waals surface area contributed by atoms with Crippen molar-refractivity contribution in [3.63, 3.8) is 0 Å². The van der Waals surface area contributed by atoms with Gasteiger partial charge in [-0.25, -0.2) is 4.68 Å². The van der Waals surface area contributed by atoms with Crippen molar-refractivity contribution in [3.05, 3.63) is 48.3 Å². The van der Waals surface area contributed by atoms with Crippen molar-refractivity contribution in [1.82, 2.24) is 15.1 Å². The molecule has 2 N–H and O–H groups in total. The number of methoxy groups -OCH3 is 1. The van der Waals surface area contributed by atoms with E-state index in [1.165, 1.54) is 7.11 Å². The Hall–Kier alpha value is -2.18. The van der Waals surface area contributed by atoms with Crippen LogP contribution in [0.2, 0.25) is 0 Å². The van der Waals surface area contributed by atoms with Crippen LogP contribution in [-0.2, 0) is 16.1 Å². The van der Waals surface area contributed by atoms with E-state index in [2.05, 4.69) is 10.4 Å². The molecule has 6 nitrogen and oxygen atoms in total. The number of carboxylic acid groups (broad SMARTS) is 1. The first-order valence-corrected chi connectivity index (χ1v) is 6.25. The van der Waals surface area contributed by atoms with Crippen molar-refractivity contribution >= 4 is 5.97 Å². The fourth-order valence-corrected chi connectivity index (χ4v) is 1.91. The molecular formula is C14H17N3O3. The number of nitrogens with one attached hydrogen (secondary N) is 1. The second kappa shape index (κ2) is 6.83. The van der Waals surface area contributed by atoms with Crippen LogP contribution in [0.15, 0.2) is 42.7 Å². The minimum absolute atomic E-state index is 0.124. The van der Waals surface area contributed by atoms with E-state index < -0.39 is 12.0 Å². The van der Waals surface area contributed by atoms with Crippen molar-refractivity contribution in [3.8, 4) is 5.69 Å². The molecule has 20 heavy (non-hydrogen) atoms. The molecule has 2 rings (SSSR count). The van der Waals surface area contributed by atoms with Crippen LogP contribution in [0, 0.1) is 0 Å². The summed E-state index contributed by atoms with van der Waals surface area (Å²) in [4.78, 5) is 11.1. The molecule has 0 amide bonds. The predicted octanol–water partition coefficient (Wildman–Crippen LogP) is 1.06. The lowest BCUT2D eigenvalue weighted by Gasteiger charge is -2.15. The number of aliphatic carboxylic acids is 1. The minimum atomic E-state index is -0.927. The molecule has 0 saturated heterocycles. The van der Waals surface area contributed by atoms with Gasteiger partial charge in [0.15, 0.2) is 0 Å². The average molecular weight is 275 g/mol. The third kappa shape index (κ3) is 3.43. The average Bonchev–Trinajstić information content (AvgIpc) is 2.97. The molecule has 0 saturated carbocycles. The van der Waals surface area contributed by atoms with Gasteiger partial charge in [0, 0.05) is 26.0 Å². The Morgan fingerprint density at radius 3 is 2.90 bits per heavy atom. The van der Waals surface area contributed by atoms with Crippen LogP contribution in [0.5, 0.6) is 0 Å². The largest absolute Gasteiger partial charge is 0.480 e. The summed E-state index contributed by atoms with van der Waals surface area (Å²) in [5.41, 5.74) is 1.89. The van der Waals surface area contributed by atoms with Gasteiger partial charge < -0.3 is 9.84 Å². The molecule has 106 valence electrons. The first-order chi connectivity index (χ1) is 9.72. The molecule has 0 aliphatic rings. The molecule has 1 atom stereocenters. The lowest BCUT2D eigenvalue weighted by atomic mass is 10.1. The van der Waals surface area contributed by atoms with E-state index in [0.717, 1.165) is 11.3 Å². The standard InChI is InChI=1S/C14H17N3O3/c1-20-10-12(14(18)19)15-9-11-5-2-3-6-13(11)17-8-4-7-16-17/h2-8,12,15H,9-10H2,1H3,(H,18,19). The highest BCUT2D eigenvalue weighted by Crippen LogP contribution is 2.13. The highest BCUT2D eigenvalue weighted by atomic mass is 16.5. The number of aromatic nitrogens is 2. The van der Waals surface area contributed by atoms with Gasteiger partial charge in [-0.3, -0.25) is 10.1 Å². The quantitative estimate of drug-likeness (QED) is 0.790. The molecule has 1 heterocycles. The van der Waals surface area contributed by atoms with Crippen molar-refractivity contribution in [2.24, 2.45) is 0 Å². The Morgan fingerprint density at radius 2 is 2.25 bits per heavy atom. The van der Waals surface area contributed by atoms with Crippen LogP contribution in [0.25, 0.3) is 5.69 Å². The van der Waals surface area contributed by atoms with E-state index in [9.17, 15) is 4.79 Å². The van der Waals surface area contributed by atoms with Crippen molar-refractivity contribution < 1.29 is 14.6 Å². The summed E-state index contributed by atoms with van der Waals surface area (Å²) < 4.78 is 6.65. The van der Waals surface area contributed by atoms with Crippen LogP contribution < -0.4 is 5.32 Å². The Kier molecular flexibility index (Phi) is 4.86. The van der Waals surface area contributed by atoms with Gasteiger partial charge in [0.2, 0.25) is 0 Å². The van der Waals surface area contributed by atoms with Crippen LogP contribution in [0.1, 0.15) is 5.56 Å². The van der Waals surface area contributed by atoms with Gasteiger partial charge in [-0.1, -0.05) is 18.2 Å². The zero-order chi connectivity index (χ0) is 14.4. The maximum absolute atomic E-state index is 11.1. The van der Waals surface area contributed by atoms with Gasteiger partial charge in [0.25, 0.3) is 0 Å². The zero-order valence-corrected chi connectivity index (χ0v) is 11.2. The van der Waals surface area contributed by atoms with Gasteiger partial charge in [-0.2, -0.15) is 5.10 Å². The van der Waals surface area contributed by atoms with E-state index in [1.54, 1.807) is 10.9 Å². The Labute approximate surface area is 117 Å². The maximum atomic E-state index is 11.1.